The largest absolute Gasteiger partial charge is 0.343 e. The highest BCUT2D eigenvalue weighted by atomic mass is 19.3. The van der Waals surface area contributed by atoms with E-state index in [0.29, 0.717) is 24.0 Å². The fraction of sp³-hybridized carbons (Fsp3) is 0.538. The van der Waals surface area contributed by atoms with Crippen LogP contribution in [-0.2, 0) is 32.0 Å². The van der Waals surface area contributed by atoms with Crippen molar-refractivity contribution in [3.05, 3.63) is 131 Å². The molecule has 83 heavy (non-hydrogen) atoms. The van der Waals surface area contributed by atoms with E-state index in [9.17, 15) is 28.8 Å². The van der Waals surface area contributed by atoms with Gasteiger partial charge in [0.25, 0.3) is 23.7 Å². The van der Waals surface area contributed by atoms with E-state index in [2.05, 4.69) is 21.3 Å². The van der Waals surface area contributed by atoms with E-state index < -0.39 is 91.4 Å². The van der Waals surface area contributed by atoms with Crippen molar-refractivity contribution in [2.75, 3.05) is 59.9 Å². The minimum atomic E-state index is -3.08. The van der Waals surface area contributed by atoms with E-state index in [-0.39, 0.29) is 69.5 Å². The quantitative estimate of drug-likeness (QED) is 0.0536. The average molecular weight is 1150 g/mol. The summed E-state index contributed by atoms with van der Waals surface area (Å²) in [4.78, 5) is 91.2. The Morgan fingerprint density at radius 1 is 0.554 bits per heavy atom. The molecule has 0 unspecified atom stereocenters. The summed E-state index contributed by atoms with van der Waals surface area (Å²) in [7, 11) is 3.29. The molecule has 8 rings (SSSR count). The summed E-state index contributed by atoms with van der Waals surface area (Å²) in [6.45, 7) is 1.33. The first-order valence-electron chi connectivity index (χ1n) is 30.1. The van der Waals surface area contributed by atoms with Crippen LogP contribution in [0.15, 0.2) is 109 Å². The van der Waals surface area contributed by atoms with Crippen LogP contribution in [0.5, 0.6) is 0 Å². The number of benzene rings is 4. The zero-order valence-corrected chi connectivity index (χ0v) is 48.4. The van der Waals surface area contributed by atoms with Gasteiger partial charge in [0.2, 0.25) is 23.6 Å². The smallest absolute Gasteiger partial charge is 0.253 e. The number of carbonyl (C=O) groups is 6. The van der Waals surface area contributed by atoms with Gasteiger partial charge in [0.1, 0.15) is 12.1 Å². The molecule has 2 saturated heterocycles. The molecule has 0 bridgehead atoms. The van der Waals surface area contributed by atoms with Crippen molar-refractivity contribution < 1.29 is 46.3 Å². The number of rotatable bonds is 23. The number of piperidine rings is 2. The molecule has 4 fully saturated rings. The maximum Gasteiger partial charge on any atom is 0.253 e. The van der Waals surface area contributed by atoms with Crippen LogP contribution in [0.2, 0.25) is 0 Å². The molecule has 2 saturated carbocycles. The summed E-state index contributed by atoms with van der Waals surface area (Å²) >= 11 is 0. The van der Waals surface area contributed by atoms with Crippen molar-refractivity contribution in [1.29, 1.82) is 0 Å². The molecular weight excluding hydrogens is 1060 g/mol. The van der Waals surface area contributed by atoms with Crippen LogP contribution >= 0.6 is 0 Å². The number of hydrogen-bond acceptors (Lipinski definition) is 8. The molecular formula is C65H84F4N8O6. The Labute approximate surface area is 486 Å². The lowest BCUT2D eigenvalue weighted by molar-refractivity contribution is -0.150. The lowest BCUT2D eigenvalue weighted by atomic mass is 9.82. The fourth-order valence-corrected chi connectivity index (χ4v) is 12.7. The lowest BCUT2D eigenvalue weighted by Gasteiger charge is -2.44. The molecule has 2 aliphatic heterocycles. The summed E-state index contributed by atoms with van der Waals surface area (Å²) in [6, 6.07) is 28.5. The van der Waals surface area contributed by atoms with Gasteiger partial charge in [-0.2, -0.15) is 0 Å². The summed E-state index contributed by atoms with van der Waals surface area (Å²) < 4.78 is 62.1. The molecule has 2 aliphatic carbocycles. The van der Waals surface area contributed by atoms with Crippen LogP contribution in [0.1, 0.15) is 129 Å². The normalized spacial score (nSPS) is 20.3. The number of likely N-dealkylation sites (N-methyl/N-ethyl adjacent to an activating group) is 2. The third kappa shape index (κ3) is 17.0. The third-order valence-corrected chi connectivity index (χ3v) is 17.6. The van der Waals surface area contributed by atoms with Crippen molar-refractivity contribution in [2.45, 2.75) is 152 Å². The summed E-state index contributed by atoms with van der Waals surface area (Å²) in [5.41, 5.74) is 3.95. The second-order valence-electron chi connectivity index (χ2n) is 23.5. The van der Waals surface area contributed by atoms with Gasteiger partial charge in [-0.15, -0.1) is 0 Å². The number of likely N-dealkylation sites (tertiary alicyclic amines) is 2. The maximum atomic E-state index is 15.5. The zero-order chi connectivity index (χ0) is 59.1. The Kier molecular flexibility index (Phi) is 22.0. The van der Waals surface area contributed by atoms with E-state index in [0.717, 1.165) is 86.5 Å². The molecule has 6 amide bonds. The molecule has 18 heteroatoms. The Morgan fingerprint density at radius 3 is 1.34 bits per heavy atom. The number of nitrogens with zero attached hydrogens (tertiary/aromatic N) is 4. The lowest BCUT2D eigenvalue weighted by Crippen LogP contribution is -2.61. The Bertz CT molecular complexity index is 2780. The highest BCUT2D eigenvalue weighted by molar-refractivity contribution is 5.96. The number of halogens is 4. The second-order valence-corrected chi connectivity index (χ2v) is 23.5. The van der Waals surface area contributed by atoms with Gasteiger partial charge in [-0.25, -0.2) is 17.6 Å². The number of hydrogen-bond donors (Lipinski definition) is 4. The summed E-state index contributed by atoms with van der Waals surface area (Å²) in [6.07, 6.45) is 7.09. The number of amides is 6. The van der Waals surface area contributed by atoms with Gasteiger partial charge < -0.3 is 40.9 Å². The van der Waals surface area contributed by atoms with E-state index in [1.165, 1.54) is 9.80 Å². The highest BCUT2D eigenvalue weighted by Gasteiger charge is 2.48. The van der Waals surface area contributed by atoms with Gasteiger partial charge in [0, 0.05) is 76.1 Å². The van der Waals surface area contributed by atoms with Crippen LogP contribution in [0.3, 0.4) is 0 Å². The van der Waals surface area contributed by atoms with Crippen LogP contribution in [0.4, 0.5) is 17.6 Å². The van der Waals surface area contributed by atoms with E-state index in [1.807, 2.05) is 60.7 Å². The topological polar surface area (TPSA) is 163 Å². The third-order valence-electron chi connectivity index (χ3n) is 17.6. The predicted octanol–water partition coefficient (Wildman–Crippen LogP) is 8.93. The fourth-order valence-electron chi connectivity index (χ4n) is 12.7. The molecule has 0 radical (unpaired) electrons. The maximum absolute atomic E-state index is 15.5. The molecule has 4 N–H and O–H groups in total. The molecule has 0 spiro atoms. The molecule has 0 aromatic heterocycles. The minimum absolute atomic E-state index is 0.000856. The molecule has 4 aromatic rings. The molecule has 4 aliphatic rings. The van der Waals surface area contributed by atoms with Crippen molar-refractivity contribution in [3.8, 4) is 11.1 Å². The zero-order valence-electron chi connectivity index (χ0n) is 48.4. The number of carbonyl (C=O) groups excluding carboxylic acids is 6. The Morgan fingerprint density at radius 2 is 0.952 bits per heavy atom. The standard InChI is InChI=1S/C65H84F4N8O6/c1-45(71-3)59(79)73-58(51-22-14-7-15-23-51)63(83)77-39-35-65(68,69)41-55(77)44-75(37-33-47-18-10-5-11-19-47)61(81)53-30-26-49(27-31-53)48-24-28-52(29-25-48)60(80)74(36-32-46-16-8-4-9-17-46)43-54-40-64(66,67)34-38-76(54)62(82)57(72-56(78)42-70-2)50-20-12-6-13-21-50/h4-5,8-11,16-19,24-31,45,50-51,54-55,57-58,70-71H,6-7,12-15,20-23,32-44H2,1-3H3,(H,72,78)(H,73,79)/t45-,54-,55-,57-,58-/m0/s1. The van der Waals surface area contributed by atoms with Crippen LogP contribution in [0, 0.1) is 11.8 Å². The highest BCUT2D eigenvalue weighted by Crippen LogP contribution is 2.37. The van der Waals surface area contributed by atoms with Gasteiger partial charge in [0.15, 0.2) is 0 Å². The van der Waals surface area contributed by atoms with Gasteiger partial charge >= 0.3 is 0 Å². The predicted molar refractivity (Wildman–Crippen MR) is 313 cm³/mol. The van der Waals surface area contributed by atoms with Crippen molar-refractivity contribution in [1.82, 2.24) is 40.9 Å². The molecule has 448 valence electrons. The molecule has 5 atom stereocenters. The first kappa shape index (κ1) is 62.4. The summed E-state index contributed by atoms with van der Waals surface area (Å²) in [5, 5.41) is 11.7. The average Bonchev–Trinajstić information content (AvgIpc) is 3.69. The summed E-state index contributed by atoms with van der Waals surface area (Å²) in [5.74, 6) is -8.74. The van der Waals surface area contributed by atoms with Gasteiger partial charge in [-0.05, 0) is 118 Å². The first-order valence-corrected chi connectivity index (χ1v) is 30.1. The van der Waals surface area contributed by atoms with Crippen molar-refractivity contribution >= 4 is 35.4 Å². The van der Waals surface area contributed by atoms with Crippen LogP contribution in [0.25, 0.3) is 11.1 Å². The number of alkyl halides is 4. The van der Waals surface area contributed by atoms with E-state index in [1.54, 1.807) is 79.3 Å². The molecule has 4 aromatic carbocycles. The van der Waals surface area contributed by atoms with Crippen LogP contribution < -0.4 is 21.3 Å². The first-order chi connectivity index (χ1) is 39.9. The van der Waals surface area contributed by atoms with Gasteiger partial charge in [-0.1, -0.05) is 123 Å². The van der Waals surface area contributed by atoms with Crippen molar-refractivity contribution in [2.24, 2.45) is 11.8 Å². The molecule has 14 nitrogen and oxygen atoms in total. The number of nitrogens with one attached hydrogen (secondary N) is 4. The monoisotopic (exact) mass is 1150 g/mol. The Balaban J connectivity index is 1.02. The second kappa shape index (κ2) is 29.2. The SMILES string of the molecule is CNCC(=O)N[C@H](C(=O)N1CCC(F)(F)C[C@H]1CN(CCc1ccccc1)C(=O)c1ccc(-c2ccc(C(=O)N(CCc3ccccc3)C[C@@H]3CC(F)(F)CCN3C(=O)[C@@H](NC(=O)[C@H](C)NC)C3CCCCC3)cc2)cc1)C1CCCCC1. The molecule has 2 heterocycles. The van der Waals surface area contributed by atoms with Crippen LogP contribution in [-0.4, -0.2) is 157 Å². The van der Waals surface area contributed by atoms with E-state index in [4.69, 9.17) is 0 Å². The van der Waals surface area contributed by atoms with Gasteiger partial charge in [-0.3, -0.25) is 28.8 Å². The van der Waals surface area contributed by atoms with E-state index >= 15 is 17.6 Å². The minimum Gasteiger partial charge on any atom is -0.343 e. The van der Waals surface area contributed by atoms with Gasteiger partial charge in [0.05, 0.1) is 24.7 Å². The van der Waals surface area contributed by atoms with Crippen molar-refractivity contribution in [3.63, 3.8) is 0 Å². The Hall–Kier alpha value is -6.66.